The van der Waals surface area contributed by atoms with Crippen molar-refractivity contribution in [3.63, 3.8) is 0 Å². The lowest BCUT2D eigenvalue weighted by Crippen LogP contribution is -2.46. The van der Waals surface area contributed by atoms with Crippen LogP contribution in [0.15, 0.2) is 41.3 Å². The Kier molecular flexibility index (Phi) is 5.09. The highest BCUT2D eigenvalue weighted by Gasteiger charge is 2.31. The van der Waals surface area contributed by atoms with E-state index in [0.717, 1.165) is 11.1 Å². The molecule has 1 amide bonds. The predicted octanol–water partition coefficient (Wildman–Crippen LogP) is 0.132. The molecule has 130 valence electrons. The van der Waals surface area contributed by atoms with E-state index in [0.29, 0.717) is 5.39 Å². The minimum absolute atomic E-state index is 0.259. The van der Waals surface area contributed by atoms with Crippen molar-refractivity contribution < 1.29 is 23.5 Å². The Hall–Kier alpha value is -2.20. The molecule has 8 nitrogen and oxygen atoms in total. The van der Waals surface area contributed by atoms with Gasteiger partial charge in [0.15, 0.2) is 0 Å². The molecule has 2 rings (SSSR count). The van der Waals surface area contributed by atoms with Crippen LogP contribution in [0.5, 0.6) is 0 Å². The lowest BCUT2D eigenvalue weighted by molar-refractivity contribution is -0.148. The van der Waals surface area contributed by atoms with Gasteiger partial charge in [-0.2, -0.15) is 8.42 Å². The average Bonchev–Trinajstić information content (AvgIpc) is 2.58. The van der Waals surface area contributed by atoms with E-state index in [1.165, 1.54) is 12.1 Å². The van der Waals surface area contributed by atoms with Crippen LogP contribution in [0.2, 0.25) is 0 Å². The maximum absolute atomic E-state index is 12.4. The van der Waals surface area contributed by atoms with Gasteiger partial charge in [-0.15, -0.1) is 4.47 Å². The highest BCUT2D eigenvalue weighted by Crippen LogP contribution is 2.28. The number of nitrogens with two attached hydrogens (primary N) is 1. The summed E-state index contributed by atoms with van der Waals surface area (Å²) in [6, 6.07) is 8.21. The van der Waals surface area contributed by atoms with Crippen molar-refractivity contribution in [1.82, 2.24) is 4.47 Å². The summed E-state index contributed by atoms with van der Waals surface area (Å²) < 4.78 is 24.4. The van der Waals surface area contributed by atoms with Gasteiger partial charge in [0.25, 0.3) is 15.9 Å². The van der Waals surface area contributed by atoms with Crippen molar-refractivity contribution in [3.8, 4) is 0 Å². The smallest absolute Gasteiger partial charge is 0.289 e. The summed E-state index contributed by atoms with van der Waals surface area (Å²) in [4.78, 5) is 13.3. The Labute approximate surface area is 139 Å². The van der Waals surface area contributed by atoms with Crippen LogP contribution in [0.3, 0.4) is 0 Å². The second-order valence-corrected chi connectivity index (χ2v) is 7.20. The molecular formula is C15H19N3O5S. The molecule has 4 N–H and O–H groups in total. The molecule has 0 aliphatic heterocycles. The third-order valence-electron chi connectivity index (χ3n) is 3.54. The van der Waals surface area contributed by atoms with E-state index in [-0.39, 0.29) is 4.90 Å². The molecule has 2 aromatic rings. The molecule has 0 bridgehead atoms. The molecule has 9 heteroatoms. The molecular weight excluding hydrogens is 334 g/mol. The van der Waals surface area contributed by atoms with E-state index < -0.39 is 33.0 Å². The summed E-state index contributed by atoms with van der Waals surface area (Å²) in [6.07, 6.45) is 0. The number of hydrogen-bond acceptors (Lipinski definition) is 7. The Morgan fingerprint density at radius 1 is 1.25 bits per heavy atom. The summed E-state index contributed by atoms with van der Waals surface area (Å²) in [5.74, 6) is -1.31. The first-order valence-corrected chi connectivity index (χ1v) is 8.48. The van der Waals surface area contributed by atoms with Crippen LogP contribution < -0.4 is 10.6 Å². The van der Waals surface area contributed by atoms with Crippen LogP contribution in [0.1, 0.15) is 0 Å². The van der Waals surface area contributed by atoms with E-state index in [9.17, 15) is 18.4 Å². The number of fused-ring (bicyclic) bond motifs is 1. The van der Waals surface area contributed by atoms with E-state index in [1.807, 2.05) is 37.2 Å². The van der Waals surface area contributed by atoms with Crippen molar-refractivity contribution in [1.29, 1.82) is 0 Å². The molecule has 2 aromatic carbocycles. The van der Waals surface area contributed by atoms with Crippen LogP contribution in [0.4, 0.5) is 5.69 Å². The van der Waals surface area contributed by atoms with Gasteiger partial charge in [-0.3, -0.25) is 10.0 Å². The van der Waals surface area contributed by atoms with Crippen molar-refractivity contribution in [3.05, 3.63) is 36.4 Å². The predicted molar refractivity (Wildman–Crippen MR) is 89.2 cm³/mol. The van der Waals surface area contributed by atoms with Gasteiger partial charge < -0.3 is 15.7 Å². The maximum Gasteiger partial charge on any atom is 0.289 e. The number of sulfonamides is 1. The van der Waals surface area contributed by atoms with Gasteiger partial charge in [0.1, 0.15) is 6.04 Å². The number of benzene rings is 2. The van der Waals surface area contributed by atoms with Crippen LogP contribution >= 0.6 is 0 Å². The van der Waals surface area contributed by atoms with Crippen molar-refractivity contribution >= 4 is 32.4 Å². The number of rotatable bonds is 5. The van der Waals surface area contributed by atoms with Gasteiger partial charge in [0.05, 0.1) is 11.5 Å². The molecule has 0 aliphatic carbocycles. The first kappa shape index (κ1) is 18.1. The van der Waals surface area contributed by atoms with Gasteiger partial charge in [0, 0.05) is 25.2 Å². The molecule has 0 saturated carbocycles. The van der Waals surface area contributed by atoms with Crippen molar-refractivity contribution in [2.75, 3.05) is 25.6 Å². The number of carbonyl (C=O) groups excluding carboxylic acids is 1. The monoisotopic (exact) mass is 353 g/mol. The van der Waals surface area contributed by atoms with Crippen molar-refractivity contribution in [2.24, 2.45) is 5.73 Å². The van der Waals surface area contributed by atoms with Gasteiger partial charge in [-0.25, -0.2) is 0 Å². The molecule has 1 atom stereocenters. The van der Waals surface area contributed by atoms with Crippen LogP contribution in [-0.4, -0.2) is 55.9 Å². The van der Waals surface area contributed by atoms with Crippen LogP contribution in [0, 0.1) is 0 Å². The first-order valence-electron chi connectivity index (χ1n) is 7.04. The number of aliphatic hydroxyl groups excluding tert-OH is 1. The zero-order valence-electron chi connectivity index (χ0n) is 13.2. The number of anilines is 1. The van der Waals surface area contributed by atoms with E-state index in [2.05, 4.69) is 0 Å². The number of amides is 1. The van der Waals surface area contributed by atoms with E-state index in [4.69, 9.17) is 10.8 Å². The van der Waals surface area contributed by atoms with Crippen LogP contribution in [0.25, 0.3) is 10.8 Å². The molecule has 0 spiro atoms. The second kappa shape index (κ2) is 6.73. The Morgan fingerprint density at radius 3 is 2.50 bits per heavy atom. The van der Waals surface area contributed by atoms with E-state index >= 15 is 0 Å². The third kappa shape index (κ3) is 3.20. The largest absolute Gasteiger partial charge is 0.394 e. The lowest BCUT2D eigenvalue weighted by Gasteiger charge is -2.19. The minimum atomic E-state index is -4.50. The summed E-state index contributed by atoms with van der Waals surface area (Å²) >= 11 is 0. The molecule has 24 heavy (non-hydrogen) atoms. The van der Waals surface area contributed by atoms with Crippen molar-refractivity contribution in [2.45, 2.75) is 10.9 Å². The molecule has 0 aromatic heterocycles. The normalized spacial score (nSPS) is 12.9. The fourth-order valence-electron chi connectivity index (χ4n) is 2.22. The summed E-state index contributed by atoms with van der Waals surface area (Å²) in [7, 11) is -0.862. The molecule has 0 heterocycles. The molecule has 0 aliphatic rings. The van der Waals surface area contributed by atoms with Gasteiger partial charge in [-0.05, 0) is 23.6 Å². The van der Waals surface area contributed by atoms with E-state index in [1.54, 1.807) is 6.07 Å². The molecule has 0 fully saturated rings. The molecule has 0 unspecified atom stereocenters. The number of aliphatic hydroxyl groups is 1. The molecule has 0 saturated heterocycles. The number of hydroxylamine groups is 1. The van der Waals surface area contributed by atoms with Gasteiger partial charge in [-0.1, -0.05) is 18.2 Å². The Morgan fingerprint density at radius 2 is 1.92 bits per heavy atom. The first-order chi connectivity index (χ1) is 11.2. The Balaban J connectivity index is 2.55. The standard InChI is InChI=1S/C15H19N3O5S/c1-17(2)14-5-3-4-10-6-7-11(8-12(10)14)24(22,23)18(21)15(20)13(16)9-19/h3-8,13,19,21H,9,16H2,1-2H3/t13-/m0/s1. The quantitative estimate of drug-likeness (QED) is 0.515. The number of hydrogen-bond donors (Lipinski definition) is 3. The zero-order chi connectivity index (χ0) is 18.1. The summed E-state index contributed by atoms with van der Waals surface area (Å²) in [6.45, 7) is -0.784. The Bertz CT molecular complexity index is 867. The molecule has 0 radical (unpaired) electrons. The topological polar surface area (TPSA) is 124 Å². The summed E-state index contributed by atoms with van der Waals surface area (Å²) in [5, 5.41) is 20.0. The maximum atomic E-state index is 12.4. The highest BCUT2D eigenvalue weighted by molar-refractivity contribution is 7.89. The number of nitrogens with zero attached hydrogens (tertiary/aromatic N) is 2. The fraction of sp³-hybridized carbons (Fsp3) is 0.267. The second-order valence-electron chi connectivity index (χ2n) is 5.43. The third-order valence-corrected chi connectivity index (χ3v) is 5.03. The summed E-state index contributed by atoms with van der Waals surface area (Å²) in [5.41, 5.74) is 6.06. The van der Waals surface area contributed by atoms with Gasteiger partial charge >= 0.3 is 0 Å². The fourth-order valence-corrected chi connectivity index (χ4v) is 3.30. The zero-order valence-corrected chi connectivity index (χ0v) is 14.1. The number of carbonyl (C=O) groups is 1. The van der Waals surface area contributed by atoms with Crippen LogP contribution in [-0.2, 0) is 14.8 Å². The SMILES string of the molecule is CN(C)c1cccc2ccc(S(=O)(=O)N(O)C(=O)[C@@H](N)CO)cc12. The average molecular weight is 353 g/mol. The van der Waals surface area contributed by atoms with Gasteiger partial charge in [0.2, 0.25) is 0 Å². The highest BCUT2D eigenvalue weighted by atomic mass is 32.2. The minimum Gasteiger partial charge on any atom is -0.394 e. The lowest BCUT2D eigenvalue weighted by atomic mass is 10.1.